The van der Waals surface area contributed by atoms with Gasteiger partial charge in [-0.1, -0.05) is 12.1 Å². The van der Waals surface area contributed by atoms with Gasteiger partial charge in [0.1, 0.15) is 24.7 Å². The lowest BCUT2D eigenvalue weighted by molar-refractivity contribution is -0.274. The van der Waals surface area contributed by atoms with Crippen molar-refractivity contribution in [1.82, 2.24) is 19.9 Å². The number of aryl methyl sites for hydroxylation is 1. The fourth-order valence-corrected chi connectivity index (χ4v) is 3.29. The second-order valence-corrected chi connectivity index (χ2v) is 7.79. The highest BCUT2D eigenvalue weighted by atomic mass is 19.4. The summed E-state index contributed by atoms with van der Waals surface area (Å²) >= 11 is 0. The van der Waals surface area contributed by atoms with Crippen LogP contribution < -0.4 is 24.8 Å². The van der Waals surface area contributed by atoms with Crippen LogP contribution in [0.1, 0.15) is 28.2 Å². The summed E-state index contributed by atoms with van der Waals surface area (Å²) in [6, 6.07) is 9.00. The van der Waals surface area contributed by atoms with Crippen molar-refractivity contribution in [2.45, 2.75) is 26.3 Å². The van der Waals surface area contributed by atoms with Crippen molar-refractivity contribution in [2.75, 3.05) is 38.7 Å². The number of hydrogen-bond acceptors (Lipinski definition) is 8. The maximum Gasteiger partial charge on any atom is 0.573 e. The molecule has 0 radical (unpaired) electrons. The van der Waals surface area contributed by atoms with Crippen LogP contribution in [-0.2, 0) is 6.54 Å². The molecule has 200 valence electrons. The van der Waals surface area contributed by atoms with Crippen LogP contribution in [0, 0.1) is 6.92 Å². The zero-order chi connectivity index (χ0) is 26.8. The first-order valence-corrected chi connectivity index (χ1v) is 11.4. The van der Waals surface area contributed by atoms with E-state index in [0.29, 0.717) is 6.42 Å². The number of benzene rings is 1. The molecule has 0 bridgehead atoms. The number of anilines is 1. The molecule has 0 fully saturated rings. The summed E-state index contributed by atoms with van der Waals surface area (Å²) in [4.78, 5) is 21.6. The van der Waals surface area contributed by atoms with Gasteiger partial charge in [0.25, 0.3) is 11.9 Å². The highest BCUT2D eigenvalue weighted by Crippen LogP contribution is 2.27. The zero-order valence-corrected chi connectivity index (χ0v) is 20.3. The largest absolute Gasteiger partial charge is 0.573 e. The van der Waals surface area contributed by atoms with Crippen molar-refractivity contribution in [2.24, 2.45) is 0 Å². The highest BCUT2D eigenvalue weighted by molar-refractivity contribution is 5.97. The van der Waals surface area contributed by atoms with Gasteiger partial charge in [-0.3, -0.25) is 14.3 Å². The summed E-state index contributed by atoms with van der Waals surface area (Å²) in [6.07, 6.45) is -2.73. The van der Waals surface area contributed by atoms with Crippen molar-refractivity contribution >= 4 is 11.7 Å². The summed E-state index contributed by atoms with van der Waals surface area (Å²) in [5, 5.41) is 14.7. The molecule has 0 saturated heterocycles. The molecule has 2 aromatic heterocycles. The molecule has 3 N–H and O–H groups in total. The van der Waals surface area contributed by atoms with Crippen LogP contribution in [0.4, 0.5) is 19.0 Å². The van der Waals surface area contributed by atoms with E-state index in [1.165, 1.54) is 18.2 Å². The average molecular weight is 524 g/mol. The Morgan fingerprint density at radius 2 is 1.89 bits per heavy atom. The number of amides is 1. The van der Waals surface area contributed by atoms with E-state index in [1.54, 1.807) is 17.8 Å². The molecule has 0 aliphatic carbocycles. The van der Waals surface area contributed by atoms with E-state index in [1.807, 2.05) is 19.1 Å². The second kappa shape index (κ2) is 12.8. The summed E-state index contributed by atoms with van der Waals surface area (Å²) in [5.41, 5.74) is 1.87. The van der Waals surface area contributed by atoms with Crippen LogP contribution in [0.2, 0.25) is 0 Å². The Balaban J connectivity index is 1.74. The Hall–Kier alpha value is -4.00. The third kappa shape index (κ3) is 8.27. The third-order valence-corrected chi connectivity index (χ3v) is 4.94. The summed E-state index contributed by atoms with van der Waals surface area (Å²) in [6.45, 7) is 2.28. The quantitative estimate of drug-likeness (QED) is 0.293. The topological polar surface area (TPSA) is 120 Å². The fraction of sp³-hybridized carbons (Fsp3) is 0.375. The van der Waals surface area contributed by atoms with Crippen molar-refractivity contribution in [1.29, 1.82) is 0 Å². The lowest BCUT2D eigenvalue weighted by atomic mass is 10.2. The van der Waals surface area contributed by atoms with Gasteiger partial charge in [-0.05, 0) is 37.1 Å². The number of ether oxygens (including phenoxy) is 3. The number of nitrogens with zero attached hydrogens (tertiary/aromatic N) is 3. The van der Waals surface area contributed by atoms with E-state index in [9.17, 15) is 18.0 Å². The van der Waals surface area contributed by atoms with Crippen molar-refractivity contribution < 1.29 is 37.3 Å². The van der Waals surface area contributed by atoms with E-state index < -0.39 is 18.0 Å². The first-order chi connectivity index (χ1) is 17.7. The maximum atomic E-state index is 12.9. The lowest BCUT2D eigenvalue weighted by Gasteiger charge is -2.14. The second-order valence-electron chi connectivity index (χ2n) is 7.79. The van der Waals surface area contributed by atoms with Crippen LogP contribution in [-0.4, -0.2) is 65.3 Å². The number of pyridine rings is 1. The zero-order valence-electron chi connectivity index (χ0n) is 20.3. The number of aliphatic hydroxyl groups is 1. The first-order valence-electron chi connectivity index (χ1n) is 11.4. The number of nitrogens with one attached hydrogen (secondary N) is 2. The van der Waals surface area contributed by atoms with E-state index in [4.69, 9.17) is 14.6 Å². The Morgan fingerprint density at radius 3 is 2.57 bits per heavy atom. The molecule has 1 amide bonds. The minimum absolute atomic E-state index is 0.0117. The Morgan fingerprint density at radius 1 is 1.14 bits per heavy atom. The molecular weight excluding hydrogens is 495 g/mol. The minimum Gasteiger partial charge on any atom is -0.490 e. The smallest absolute Gasteiger partial charge is 0.490 e. The summed E-state index contributed by atoms with van der Waals surface area (Å²) < 4.78 is 54.1. The molecule has 0 spiro atoms. The first kappa shape index (κ1) is 27.6. The normalized spacial score (nSPS) is 11.2. The number of rotatable bonds is 13. The average Bonchev–Trinajstić information content (AvgIpc) is 3.19. The predicted molar refractivity (Wildman–Crippen MR) is 128 cm³/mol. The number of aromatic nitrogens is 3. The van der Waals surface area contributed by atoms with Crippen LogP contribution in [0.15, 0.2) is 42.6 Å². The minimum atomic E-state index is -4.81. The van der Waals surface area contributed by atoms with E-state index in [0.717, 1.165) is 17.3 Å². The maximum absolute atomic E-state index is 12.9. The number of hydrogen-bond donors (Lipinski definition) is 3. The van der Waals surface area contributed by atoms with Crippen LogP contribution in [0.3, 0.4) is 0 Å². The highest BCUT2D eigenvalue weighted by Gasteiger charge is 2.31. The van der Waals surface area contributed by atoms with Crippen molar-refractivity contribution in [3.05, 3.63) is 59.5 Å². The molecule has 10 nitrogen and oxygen atoms in total. The van der Waals surface area contributed by atoms with Gasteiger partial charge >= 0.3 is 6.36 Å². The van der Waals surface area contributed by atoms with E-state index in [-0.39, 0.29) is 56.2 Å². The van der Waals surface area contributed by atoms with Gasteiger partial charge in [0.05, 0.1) is 6.54 Å². The Labute approximate surface area is 211 Å². The third-order valence-electron chi connectivity index (χ3n) is 4.94. The van der Waals surface area contributed by atoms with Crippen molar-refractivity contribution in [3.8, 4) is 17.5 Å². The van der Waals surface area contributed by atoms with Gasteiger partial charge in [0, 0.05) is 38.2 Å². The lowest BCUT2D eigenvalue weighted by Crippen LogP contribution is -2.28. The SMILES string of the molecule is CNc1nc(OCCOc2cccc(OC(F)(F)F)c2)n(Cc2ccc(C)nc2)c1C(=O)NCCCO. The van der Waals surface area contributed by atoms with Crippen LogP contribution in [0.5, 0.6) is 17.5 Å². The summed E-state index contributed by atoms with van der Waals surface area (Å²) in [7, 11) is 1.62. The molecule has 3 rings (SSSR count). The number of alkyl halides is 3. The van der Waals surface area contributed by atoms with Gasteiger partial charge in [-0.25, -0.2) is 0 Å². The van der Waals surface area contributed by atoms with Gasteiger partial charge in [-0.15, -0.1) is 13.2 Å². The molecule has 0 aliphatic heterocycles. The molecule has 0 atom stereocenters. The molecule has 0 aliphatic rings. The van der Waals surface area contributed by atoms with Gasteiger partial charge in [0.15, 0.2) is 11.5 Å². The molecule has 37 heavy (non-hydrogen) atoms. The molecule has 1 aromatic carbocycles. The number of aliphatic hydroxyl groups excluding tert-OH is 1. The molecule has 3 aromatic rings. The number of imidazole rings is 1. The van der Waals surface area contributed by atoms with E-state index in [2.05, 4.69) is 25.3 Å². The molecule has 0 saturated carbocycles. The fourth-order valence-electron chi connectivity index (χ4n) is 3.29. The van der Waals surface area contributed by atoms with Gasteiger partial charge < -0.3 is 30.0 Å². The molecular formula is C24H28F3N5O5. The molecule has 2 heterocycles. The van der Waals surface area contributed by atoms with Crippen LogP contribution >= 0.6 is 0 Å². The predicted octanol–water partition coefficient (Wildman–Crippen LogP) is 3.15. The number of carbonyl (C=O) groups excluding carboxylic acids is 1. The van der Waals surface area contributed by atoms with Crippen LogP contribution in [0.25, 0.3) is 0 Å². The number of halogens is 3. The van der Waals surface area contributed by atoms with Gasteiger partial charge in [0.2, 0.25) is 0 Å². The van der Waals surface area contributed by atoms with E-state index >= 15 is 0 Å². The Kier molecular flexibility index (Phi) is 9.55. The summed E-state index contributed by atoms with van der Waals surface area (Å²) in [5.74, 6) is -0.351. The monoisotopic (exact) mass is 523 g/mol. The van der Waals surface area contributed by atoms with Gasteiger partial charge in [-0.2, -0.15) is 4.98 Å². The molecule has 13 heteroatoms. The number of carbonyl (C=O) groups is 1. The molecule has 0 unspecified atom stereocenters. The van der Waals surface area contributed by atoms with Crippen molar-refractivity contribution in [3.63, 3.8) is 0 Å². The Bertz CT molecular complexity index is 1170. The standard InChI is InChI=1S/C24H28F3N5O5/c1-16-7-8-17(14-30-16)15-32-20(22(34)29-9-4-10-33)21(28-2)31-23(32)36-12-11-35-18-5-3-6-19(13-18)37-24(25,26)27/h3,5-8,13-14,28,33H,4,9-12,15H2,1-2H3,(H,29,34).